The molecule has 2 aromatic rings. The average molecular weight is 336 g/mol. The molecule has 0 atom stereocenters. The summed E-state index contributed by atoms with van der Waals surface area (Å²) < 4.78 is 0. The molecule has 1 fully saturated rings. The normalized spacial score (nSPS) is 17.8. The molecular formula is C21H24N2O2. The van der Waals surface area contributed by atoms with Crippen molar-refractivity contribution in [2.45, 2.75) is 44.8 Å². The zero-order chi connectivity index (χ0) is 17.4. The number of nitrogens with one attached hydrogen (secondary N) is 1. The summed E-state index contributed by atoms with van der Waals surface area (Å²) in [6, 6.07) is 14.6. The van der Waals surface area contributed by atoms with E-state index in [1.807, 2.05) is 6.07 Å². The lowest BCUT2D eigenvalue weighted by Gasteiger charge is -2.37. The summed E-state index contributed by atoms with van der Waals surface area (Å²) in [5.41, 5.74) is 5.11. The van der Waals surface area contributed by atoms with Crippen molar-refractivity contribution in [1.82, 2.24) is 0 Å². The Morgan fingerprint density at radius 2 is 1.96 bits per heavy atom. The van der Waals surface area contributed by atoms with Crippen molar-refractivity contribution in [3.05, 3.63) is 59.2 Å². The third kappa shape index (κ3) is 3.14. The monoisotopic (exact) mass is 336 g/mol. The molecule has 130 valence electrons. The van der Waals surface area contributed by atoms with Crippen molar-refractivity contribution >= 4 is 17.3 Å². The summed E-state index contributed by atoms with van der Waals surface area (Å²) in [7, 11) is 0. The molecule has 0 bridgehead atoms. The second kappa shape index (κ2) is 6.19. The third-order valence-electron chi connectivity index (χ3n) is 5.44. The van der Waals surface area contributed by atoms with E-state index < -0.39 is 5.60 Å². The number of anilines is 2. The molecule has 4 heteroatoms. The quantitative estimate of drug-likeness (QED) is 0.897. The molecule has 0 saturated heterocycles. The van der Waals surface area contributed by atoms with Crippen LogP contribution in [0.25, 0.3) is 0 Å². The van der Waals surface area contributed by atoms with Crippen LogP contribution in [0.2, 0.25) is 0 Å². The van der Waals surface area contributed by atoms with Gasteiger partial charge in [-0.1, -0.05) is 24.3 Å². The highest BCUT2D eigenvalue weighted by molar-refractivity contribution is 5.89. The molecule has 4 rings (SSSR count). The van der Waals surface area contributed by atoms with Crippen molar-refractivity contribution in [3.63, 3.8) is 0 Å². The maximum absolute atomic E-state index is 11.2. The van der Waals surface area contributed by atoms with Gasteiger partial charge in [-0.2, -0.15) is 0 Å². The van der Waals surface area contributed by atoms with Crippen LogP contribution in [0.1, 0.15) is 42.9 Å². The molecule has 1 aliphatic carbocycles. The van der Waals surface area contributed by atoms with Crippen LogP contribution in [0.15, 0.2) is 42.5 Å². The van der Waals surface area contributed by atoms with E-state index in [-0.39, 0.29) is 5.91 Å². The Morgan fingerprint density at radius 3 is 2.60 bits per heavy atom. The van der Waals surface area contributed by atoms with Gasteiger partial charge in [0.05, 0.1) is 5.60 Å². The van der Waals surface area contributed by atoms with E-state index in [1.54, 1.807) is 0 Å². The Morgan fingerprint density at radius 1 is 1.20 bits per heavy atom. The van der Waals surface area contributed by atoms with Gasteiger partial charge in [0.1, 0.15) is 0 Å². The lowest BCUT2D eigenvalue weighted by molar-refractivity contribution is -0.114. The Bertz CT molecular complexity index is 794. The summed E-state index contributed by atoms with van der Waals surface area (Å²) in [4.78, 5) is 13.6. The Kier molecular flexibility index (Phi) is 4.00. The molecular weight excluding hydrogens is 312 g/mol. The summed E-state index contributed by atoms with van der Waals surface area (Å²) in [6.45, 7) is 3.39. The fourth-order valence-electron chi connectivity index (χ4n) is 3.86. The summed E-state index contributed by atoms with van der Waals surface area (Å²) >= 11 is 0. The summed E-state index contributed by atoms with van der Waals surface area (Å²) in [6.07, 6.45) is 3.87. The average Bonchev–Trinajstić information content (AvgIpc) is 2.95. The molecule has 1 amide bonds. The van der Waals surface area contributed by atoms with Crippen LogP contribution >= 0.6 is 0 Å². The van der Waals surface area contributed by atoms with Gasteiger partial charge in [0.2, 0.25) is 5.91 Å². The molecule has 0 unspecified atom stereocenters. The second-order valence-corrected chi connectivity index (χ2v) is 7.28. The van der Waals surface area contributed by atoms with Crippen LogP contribution in [0.3, 0.4) is 0 Å². The van der Waals surface area contributed by atoms with Crippen LogP contribution in [0.5, 0.6) is 0 Å². The van der Waals surface area contributed by atoms with Gasteiger partial charge in [-0.15, -0.1) is 0 Å². The van der Waals surface area contributed by atoms with Crippen molar-refractivity contribution in [2.24, 2.45) is 0 Å². The first-order chi connectivity index (χ1) is 12.0. The maximum Gasteiger partial charge on any atom is 0.221 e. The van der Waals surface area contributed by atoms with E-state index in [2.05, 4.69) is 46.6 Å². The SMILES string of the molecule is CC(=O)Nc1ccc2c(c1)CCN2Cc1ccc(C2(O)CCC2)cc1. The Balaban J connectivity index is 1.47. The van der Waals surface area contributed by atoms with E-state index in [0.717, 1.165) is 50.0 Å². The molecule has 0 radical (unpaired) electrons. The molecule has 0 aromatic heterocycles. The number of carbonyl (C=O) groups is 1. The third-order valence-corrected chi connectivity index (χ3v) is 5.44. The largest absolute Gasteiger partial charge is 0.385 e. The van der Waals surface area contributed by atoms with Crippen LogP contribution in [-0.4, -0.2) is 17.6 Å². The minimum absolute atomic E-state index is 0.0389. The number of amides is 1. The predicted molar refractivity (Wildman–Crippen MR) is 99.7 cm³/mol. The van der Waals surface area contributed by atoms with E-state index in [9.17, 15) is 9.90 Å². The molecule has 1 heterocycles. The number of nitrogens with zero attached hydrogens (tertiary/aromatic N) is 1. The van der Waals surface area contributed by atoms with Crippen LogP contribution in [-0.2, 0) is 23.4 Å². The maximum atomic E-state index is 11.2. The highest BCUT2D eigenvalue weighted by atomic mass is 16.3. The molecule has 1 aliphatic heterocycles. The van der Waals surface area contributed by atoms with Gasteiger partial charge in [-0.05, 0) is 60.6 Å². The van der Waals surface area contributed by atoms with Crippen LogP contribution in [0.4, 0.5) is 11.4 Å². The Hall–Kier alpha value is -2.33. The lowest BCUT2D eigenvalue weighted by atomic mass is 9.75. The zero-order valence-electron chi connectivity index (χ0n) is 14.6. The number of hydrogen-bond donors (Lipinski definition) is 2. The van der Waals surface area contributed by atoms with E-state index in [0.29, 0.717) is 0 Å². The minimum Gasteiger partial charge on any atom is -0.385 e. The van der Waals surface area contributed by atoms with Gasteiger partial charge in [-0.3, -0.25) is 4.79 Å². The van der Waals surface area contributed by atoms with Gasteiger partial charge < -0.3 is 15.3 Å². The van der Waals surface area contributed by atoms with E-state index in [4.69, 9.17) is 0 Å². The number of hydrogen-bond acceptors (Lipinski definition) is 3. The number of benzene rings is 2. The molecule has 1 saturated carbocycles. The Labute approximate surface area is 148 Å². The number of rotatable bonds is 4. The first kappa shape index (κ1) is 16.2. The molecule has 2 aromatic carbocycles. The fourth-order valence-corrected chi connectivity index (χ4v) is 3.86. The van der Waals surface area contributed by atoms with Crippen molar-refractivity contribution in [3.8, 4) is 0 Å². The molecule has 25 heavy (non-hydrogen) atoms. The topological polar surface area (TPSA) is 52.6 Å². The van der Waals surface area contributed by atoms with Gasteiger partial charge in [-0.25, -0.2) is 0 Å². The fraction of sp³-hybridized carbons (Fsp3) is 0.381. The van der Waals surface area contributed by atoms with Crippen molar-refractivity contribution in [1.29, 1.82) is 0 Å². The first-order valence-electron chi connectivity index (χ1n) is 9.01. The smallest absolute Gasteiger partial charge is 0.221 e. The van der Waals surface area contributed by atoms with Crippen LogP contribution in [0, 0.1) is 0 Å². The molecule has 0 spiro atoms. The first-order valence-corrected chi connectivity index (χ1v) is 9.01. The summed E-state index contributed by atoms with van der Waals surface area (Å²) in [5.74, 6) is -0.0389. The highest BCUT2D eigenvalue weighted by Gasteiger charge is 2.35. The van der Waals surface area contributed by atoms with Crippen molar-refractivity contribution in [2.75, 3.05) is 16.8 Å². The lowest BCUT2D eigenvalue weighted by Crippen LogP contribution is -2.33. The van der Waals surface area contributed by atoms with Gasteiger partial charge >= 0.3 is 0 Å². The molecule has 2 aliphatic rings. The van der Waals surface area contributed by atoms with Crippen LogP contribution < -0.4 is 10.2 Å². The zero-order valence-corrected chi connectivity index (χ0v) is 14.6. The van der Waals surface area contributed by atoms with Gasteiger partial charge in [0.15, 0.2) is 0 Å². The molecule has 4 nitrogen and oxygen atoms in total. The second-order valence-electron chi connectivity index (χ2n) is 7.28. The number of aliphatic hydroxyl groups is 1. The van der Waals surface area contributed by atoms with E-state index in [1.165, 1.54) is 23.7 Å². The highest BCUT2D eigenvalue weighted by Crippen LogP contribution is 2.41. The minimum atomic E-state index is -0.584. The van der Waals surface area contributed by atoms with Gasteiger partial charge in [0, 0.05) is 31.4 Å². The van der Waals surface area contributed by atoms with Crippen molar-refractivity contribution < 1.29 is 9.90 Å². The summed E-state index contributed by atoms with van der Waals surface area (Å²) in [5, 5.41) is 13.3. The van der Waals surface area contributed by atoms with Gasteiger partial charge in [0.25, 0.3) is 0 Å². The molecule has 2 N–H and O–H groups in total. The number of fused-ring (bicyclic) bond motifs is 1. The standard InChI is InChI=1S/C21H24N2O2/c1-15(24)22-19-7-8-20-17(13-19)9-12-23(20)14-16-3-5-18(6-4-16)21(25)10-2-11-21/h3-8,13,25H,2,9-12,14H2,1H3,(H,22,24). The number of carbonyl (C=O) groups excluding carboxylic acids is 1. The van der Waals surface area contributed by atoms with E-state index >= 15 is 0 Å². The predicted octanol–water partition coefficient (Wildman–Crippen LogP) is 3.58.